The minimum absolute atomic E-state index is 0.0436. The molecule has 0 aliphatic heterocycles. The lowest BCUT2D eigenvalue weighted by atomic mass is 9.92. The van der Waals surface area contributed by atoms with E-state index in [1.54, 1.807) is 12.1 Å². The molecule has 1 amide bonds. The maximum atomic E-state index is 13.5. The Balaban J connectivity index is 3.30. The van der Waals surface area contributed by atoms with Gasteiger partial charge in [0.25, 0.3) is 0 Å². The van der Waals surface area contributed by atoms with Crippen LogP contribution in [0.4, 0.5) is 10.1 Å². The van der Waals surface area contributed by atoms with Crippen LogP contribution in [0.25, 0.3) is 0 Å². The van der Waals surface area contributed by atoms with E-state index < -0.39 is 11.2 Å². The van der Waals surface area contributed by atoms with Crippen molar-refractivity contribution in [3.8, 4) is 0 Å². The summed E-state index contributed by atoms with van der Waals surface area (Å²) in [6.07, 6.45) is 3.83. The van der Waals surface area contributed by atoms with E-state index in [0.717, 1.165) is 25.7 Å². The Morgan fingerprint density at radius 1 is 1.23 bits per heavy atom. The molecule has 0 fully saturated rings. The molecule has 22 heavy (non-hydrogen) atoms. The van der Waals surface area contributed by atoms with Crippen LogP contribution in [0, 0.1) is 11.2 Å². The Kier molecular flexibility index (Phi) is 6.86. The van der Waals surface area contributed by atoms with Crippen molar-refractivity contribution in [1.29, 1.82) is 0 Å². The molecule has 0 bridgehead atoms. The number of hydrogen-bond acceptors (Lipinski definition) is 1. The van der Waals surface area contributed by atoms with Gasteiger partial charge in [-0.05, 0) is 31.0 Å². The van der Waals surface area contributed by atoms with E-state index in [1.165, 1.54) is 6.07 Å². The number of halogens is 2. The van der Waals surface area contributed by atoms with Gasteiger partial charge in [0, 0.05) is 17.1 Å². The van der Waals surface area contributed by atoms with E-state index >= 15 is 0 Å². The van der Waals surface area contributed by atoms with Crippen LogP contribution >= 0.6 is 11.6 Å². The molecule has 0 saturated heterocycles. The minimum Gasteiger partial charge on any atom is -0.309 e. The highest BCUT2D eigenvalue weighted by Gasteiger charge is 2.32. The summed E-state index contributed by atoms with van der Waals surface area (Å²) in [6.45, 7) is 9.94. The second-order valence-electron chi connectivity index (χ2n) is 6.75. The van der Waals surface area contributed by atoms with Crippen LogP contribution in [0.15, 0.2) is 18.2 Å². The van der Waals surface area contributed by atoms with Gasteiger partial charge in [0.05, 0.1) is 5.02 Å². The molecule has 0 saturated carbocycles. The van der Waals surface area contributed by atoms with Crippen LogP contribution < -0.4 is 4.90 Å². The quantitative estimate of drug-likeness (QED) is 0.644. The smallest absolute Gasteiger partial charge is 0.232 e. The summed E-state index contributed by atoms with van der Waals surface area (Å²) in [6, 6.07) is 4.64. The molecular weight excluding hydrogens is 301 g/mol. The molecule has 1 aromatic rings. The highest BCUT2D eigenvalue weighted by Crippen LogP contribution is 2.31. The second-order valence-corrected chi connectivity index (χ2v) is 7.16. The summed E-state index contributed by atoms with van der Waals surface area (Å²) < 4.78 is 13.5. The highest BCUT2D eigenvalue weighted by molar-refractivity contribution is 6.31. The molecule has 0 atom stereocenters. The number of carbonyl (C=O) groups is 1. The summed E-state index contributed by atoms with van der Waals surface area (Å²) in [5.41, 5.74) is 0.180. The van der Waals surface area contributed by atoms with Crippen LogP contribution in [0.2, 0.25) is 5.02 Å². The van der Waals surface area contributed by atoms with Gasteiger partial charge < -0.3 is 4.90 Å². The molecule has 0 N–H and O–H groups in total. The fourth-order valence-electron chi connectivity index (χ4n) is 2.56. The van der Waals surface area contributed by atoms with Gasteiger partial charge in [-0.2, -0.15) is 0 Å². The average molecular weight is 328 g/mol. The van der Waals surface area contributed by atoms with Gasteiger partial charge in [0.15, 0.2) is 0 Å². The molecule has 0 aromatic heterocycles. The summed E-state index contributed by atoms with van der Waals surface area (Å²) >= 11 is 5.92. The van der Waals surface area contributed by atoms with Gasteiger partial charge in [-0.25, -0.2) is 4.39 Å². The molecule has 0 aliphatic rings. The lowest BCUT2D eigenvalue weighted by molar-refractivity contribution is -0.126. The zero-order valence-corrected chi connectivity index (χ0v) is 15.0. The third-order valence-corrected chi connectivity index (χ3v) is 3.94. The highest BCUT2D eigenvalue weighted by atomic mass is 35.5. The maximum absolute atomic E-state index is 13.5. The first kappa shape index (κ1) is 19.0. The molecule has 0 unspecified atom stereocenters. The van der Waals surface area contributed by atoms with Crippen LogP contribution in [-0.4, -0.2) is 11.9 Å². The third-order valence-electron chi connectivity index (χ3n) is 3.65. The Labute approximate surface area is 138 Å². The molecule has 1 aromatic carbocycles. The Hall–Kier alpha value is -1.09. The number of amides is 1. The maximum Gasteiger partial charge on any atom is 0.232 e. The molecule has 1 rings (SSSR count). The van der Waals surface area contributed by atoms with E-state index in [4.69, 9.17) is 11.6 Å². The molecule has 0 spiro atoms. The minimum atomic E-state index is -0.499. The van der Waals surface area contributed by atoms with E-state index in [0.29, 0.717) is 5.69 Å². The van der Waals surface area contributed by atoms with Crippen molar-refractivity contribution in [1.82, 2.24) is 0 Å². The first-order chi connectivity index (χ1) is 10.2. The Bertz CT molecular complexity index is 504. The van der Waals surface area contributed by atoms with E-state index in [2.05, 4.69) is 13.8 Å². The summed E-state index contributed by atoms with van der Waals surface area (Å²) in [7, 11) is 0. The lowest BCUT2D eigenvalue weighted by Gasteiger charge is -2.36. The van der Waals surface area contributed by atoms with Gasteiger partial charge in [0.1, 0.15) is 5.82 Å². The molecule has 2 nitrogen and oxygen atoms in total. The predicted octanol–water partition coefficient (Wildman–Crippen LogP) is 5.83. The van der Waals surface area contributed by atoms with Gasteiger partial charge >= 0.3 is 0 Å². The first-order valence-corrected chi connectivity index (χ1v) is 8.38. The standard InChI is InChI=1S/C18H27ClFNO/c1-6-8-13(9-7-2)21(17(22)18(3,4)5)14-10-11-16(20)15(19)12-14/h10-13H,6-9H2,1-5H3. The molecule has 0 radical (unpaired) electrons. The fraction of sp³-hybridized carbons (Fsp3) is 0.611. The molecule has 4 heteroatoms. The third kappa shape index (κ3) is 4.70. The number of carbonyl (C=O) groups excluding carboxylic acids is 1. The molecule has 0 heterocycles. The van der Waals surface area contributed by atoms with Crippen LogP contribution in [0.3, 0.4) is 0 Å². The van der Waals surface area contributed by atoms with Gasteiger partial charge in [0.2, 0.25) is 5.91 Å². The van der Waals surface area contributed by atoms with Crippen molar-refractivity contribution >= 4 is 23.2 Å². The monoisotopic (exact) mass is 327 g/mol. The summed E-state index contributed by atoms with van der Waals surface area (Å²) in [5.74, 6) is -0.418. The van der Waals surface area contributed by atoms with Crippen LogP contribution in [-0.2, 0) is 4.79 Å². The average Bonchev–Trinajstić information content (AvgIpc) is 2.42. The molecule has 124 valence electrons. The number of nitrogens with zero attached hydrogens (tertiary/aromatic N) is 1. The summed E-state index contributed by atoms with van der Waals surface area (Å²) in [4.78, 5) is 14.8. The number of hydrogen-bond donors (Lipinski definition) is 0. The number of anilines is 1. The predicted molar refractivity (Wildman–Crippen MR) is 92.0 cm³/mol. The normalized spacial score (nSPS) is 11.8. The van der Waals surface area contributed by atoms with Gasteiger partial charge in [-0.1, -0.05) is 59.1 Å². The second kappa shape index (κ2) is 7.96. The van der Waals surface area contributed by atoms with Crippen molar-refractivity contribution in [2.45, 2.75) is 66.3 Å². The molecular formula is C18H27ClFNO. The molecule has 0 aliphatic carbocycles. The Morgan fingerprint density at radius 3 is 2.18 bits per heavy atom. The van der Waals surface area contributed by atoms with Crippen molar-refractivity contribution in [3.05, 3.63) is 29.0 Å². The van der Waals surface area contributed by atoms with Crippen LogP contribution in [0.1, 0.15) is 60.3 Å². The van der Waals surface area contributed by atoms with E-state index in [-0.39, 0.29) is 17.0 Å². The number of benzene rings is 1. The lowest BCUT2D eigenvalue weighted by Crippen LogP contribution is -2.46. The zero-order chi connectivity index (χ0) is 16.9. The first-order valence-electron chi connectivity index (χ1n) is 8.01. The zero-order valence-electron chi connectivity index (χ0n) is 14.2. The largest absolute Gasteiger partial charge is 0.309 e. The van der Waals surface area contributed by atoms with Crippen molar-refractivity contribution in [2.24, 2.45) is 5.41 Å². The van der Waals surface area contributed by atoms with Crippen LogP contribution in [0.5, 0.6) is 0 Å². The van der Waals surface area contributed by atoms with E-state index in [1.807, 2.05) is 25.7 Å². The topological polar surface area (TPSA) is 20.3 Å². The van der Waals surface area contributed by atoms with E-state index in [9.17, 15) is 9.18 Å². The SMILES string of the molecule is CCCC(CCC)N(C(=O)C(C)(C)C)c1ccc(F)c(Cl)c1. The summed E-state index contributed by atoms with van der Waals surface area (Å²) in [5, 5.41) is 0.0518. The Morgan fingerprint density at radius 2 is 1.77 bits per heavy atom. The van der Waals surface area contributed by atoms with Crippen molar-refractivity contribution in [2.75, 3.05) is 4.90 Å². The van der Waals surface area contributed by atoms with Gasteiger partial charge in [-0.3, -0.25) is 4.79 Å². The number of rotatable bonds is 6. The van der Waals surface area contributed by atoms with Crippen molar-refractivity contribution in [3.63, 3.8) is 0 Å². The fourth-order valence-corrected chi connectivity index (χ4v) is 2.73. The van der Waals surface area contributed by atoms with Gasteiger partial charge in [-0.15, -0.1) is 0 Å². The van der Waals surface area contributed by atoms with Crippen molar-refractivity contribution < 1.29 is 9.18 Å².